The lowest BCUT2D eigenvalue weighted by Crippen LogP contribution is -2.22. The van der Waals surface area contributed by atoms with Crippen molar-refractivity contribution in [1.82, 2.24) is 0 Å². The molecule has 2 N–H and O–H groups in total. The number of thiophene rings is 1. The van der Waals surface area contributed by atoms with E-state index in [-0.39, 0.29) is 15.5 Å². The highest BCUT2D eigenvalue weighted by atomic mass is 32.2. The number of ether oxygens (including phenoxy) is 1. The summed E-state index contributed by atoms with van der Waals surface area (Å²) in [6, 6.07) is 7.60. The zero-order valence-electron chi connectivity index (χ0n) is 20.4. The average Bonchev–Trinajstić information content (AvgIpc) is 3.49. The van der Waals surface area contributed by atoms with Crippen molar-refractivity contribution >= 4 is 44.3 Å². The Morgan fingerprint density at radius 3 is 2.30 bits per heavy atom. The molecule has 0 bridgehead atoms. The van der Waals surface area contributed by atoms with E-state index in [2.05, 4.69) is 19.7 Å². The van der Waals surface area contributed by atoms with Crippen LogP contribution >= 0.6 is 11.3 Å². The minimum atomic E-state index is -4.86. The summed E-state index contributed by atoms with van der Waals surface area (Å²) in [4.78, 5) is 15.3. The summed E-state index contributed by atoms with van der Waals surface area (Å²) in [6.45, 7) is 7.77. The zero-order valence-corrected chi connectivity index (χ0v) is 22.0. The van der Waals surface area contributed by atoms with Crippen molar-refractivity contribution in [3.05, 3.63) is 63.3 Å². The van der Waals surface area contributed by atoms with E-state index in [1.807, 2.05) is 26.8 Å². The molecule has 4 rings (SSSR count). The Kier molecular flexibility index (Phi) is 7.43. The van der Waals surface area contributed by atoms with Crippen LogP contribution in [0.3, 0.4) is 0 Å². The SMILES string of the molecule is Cc1cc(C)c(N2CCCC2)c(C)c1NC(=O)c1sccc1S(=O)(=O)Nc1ccc(OC(F)(F)F)cc1. The van der Waals surface area contributed by atoms with Crippen LogP contribution in [-0.2, 0) is 10.0 Å². The summed E-state index contributed by atoms with van der Waals surface area (Å²) in [6.07, 6.45) is -2.64. The lowest BCUT2D eigenvalue weighted by Gasteiger charge is -2.26. The molecule has 0 spiro atoms. The molecule has 1 aliphatic heterocycles. The molecule has 2 heterocycles. The standard InChI is InChI=1S/C25H26F3N3O4S2/c1-15-14-16(2)22(31-11-4-5-12-31)17(3)21(15)29-24(32)23-20(10-13-36-23)37(33,34)30-18-6-8-19(9-7-18)35-25(26,27)28/h6-10,13-14,30H,4-5,11-12H2,1-3H3,(H,29,32). The van der Waals surface area contributed by atoms with Crippen LogP contribution < -0.4 is 19.7 Å². The molecule has 0 radical (unpaired) electrons. The number of nitrogens with one attached hydrogen (secondary N) is 2. The Morgan fingerprint density at radius 2 is 1.68 bits per heavy atom. The number of halogens is 3. The Morgan fingerprint density at radius 1 is 1.03 bits per heavy atom. The van der Waals surface area contributed by atoms with Gasteiger partial charge in [-0.15, -0.1) is 24.5 Å². The number of benzene rings is 2. The van der Waals surface area contributed by atoms with Crippen LogP contribution in [0.1, 0.15) is 39.2 Å². The van der Waals surface area contributed by atoms with Crippen LogP contribution in [0.5, 0.6) is 5.75 Å². The zero-order chi connectivity index (χ0) is 27.0. The summed E-state index contributed by atoms with van der Waals surface area (Å²) in [7, 11) is -4.21. The largest absolute Gasteiger partial charge is 0.573 e. The predicted octanol–water partition coefficient (Wildman–Crippen LogP) is 6.23. The molecule has 0 aliphatic carbocycles. The minimum Gasteiger partial charge on any atom is -0.406 e. The molecule has 0 saturated carbocycles. The van der Waals surface area contributed by atoms with Crippen molar-refractivity contribution in [2.45, 2.75) is 44.9 Å². The number of hydrogen-bond donors (Lipinski definition) is 2. The van der Waals surface area contributed by atoms with Crippen molar-refractivity contribution in [2.24, 2.45) is 0 Å². The van der Waals surface area contributed by atoms with Gasteiger partial charge in [-0.1, -0.05) is 6.07 Å². The van der Waals surface area contributed by atoms with Gasteiger partial charge < -0.3 is 15.0 Å². The van der Waals surface area contributed by atoms with Gasteiger partial charge in [0.2, 0.25) is 0 Å². The van der Waals surface area contributed by atoms with E-state index < -0.39 is 28.0 Å². The number of rotatable bonds is 7. The maximum atomic E-state index is 13.3. The maximum absolute atomic E-state index is 13.3. The second kappa shape index (κ2) is 10.3. The number of aryl methyl sites for hydroxylation is 2. The van der Waals surface area contributed by atoms with Crippen LogP contribution in [0.4, 0.5) is 30.2 Å². The van der Waals surface area contributed by atoms with Crippen molar-refractivity contribution in [1.29, 1.82) is 0 Å². The highest BCUT2D eigenvalue weighted by molar-refractivity contribution is 7.93. The molecule has 1 fully saturated rings. The first-order valence-electron chi connectivity index (χ1n) is 11.5. The number of anilines is 3. The molecule has 12 heteroatoms. The Balaban J connectivity index is 1.56. The van der Waals surface area contributed by atoms with Crippen LogP contribution in [0.15, 0.2) is 46.7 Å². The molecule has 1 aliphatic rings. The van der Waals surface area contributed by atoms with Crippen LogP contribution in [-0.4, -0.2) is 33.8 Å². The highest BCUT2D eigenvalue weighted by Gasteiger charge is 2.31. The molecule has 7 nitrogen and oxygen atoms in total. The van der Waals surface area contributed by atoms with E-state index in [9.17, 15) is 26.4 Å². The van der Waals surface area contributed by atoms with Crippen molar-refractivity contribution in [3.8, 4) is 5.75 Å². The molecule has 1 amide bonds. The molecule has 2 aromatic carbocycles. The summed E-state index contributed by atoms with van der Waals surface area (Å²) in [5.41, 5.74) is 4.65. The first-order valence-corrected chi connectivity index (χ1v) is 13.9. The van der Waals surface area contributed by atoms with Crippen molar-refractivity contribution in [2.75, 3.05) is 28.0 Å². The average molecular weight is 554 g/mol. The number of nitrogens with zero attached hydrogens (tertiary/aromatic N) is 1. The fraction of sp³-hybridized carbons (Fsp3) is 0.320. The van der Waals surface area contributed by atoms with E-state index in [0.29, 0.717) is 5.69 Å². The summed E-state index contributed by atoms with van der Waals surface area (Å²) in [5, 5.41) is 4.40. The van der Waals surface area contributed by atoms with Crippen molar-refractivity contribution in [3.63, 3.8) is 0 Å². The number of carbonyl (C=O) groups is 1. The fourth-order valence-corrected chi connectivity index (χ4v) is 6.96. The molecule has 198 valence electrons. The summed E-state index contributed by atoms with van der Waals surface area (Å²) in [5.74, 6) is -1.05. The number of hydrogen-bond acceptors (Lipinski definition) is 6. The van der Waals surface area contributed by atoms with E-state index in [1.54, 1.807) is 0 Å². The van der Waals surface area contributed by atoms with Crippen LogP contribution in [0.25, 0.3) is 0 Å². The molecule has 1 saturated heterocycles. The van der Waals surface area contributed by atoms with Crippen LogP contribution in [0, 0.1) is 20.8 Å². The van der Waals surface area contributed by atoms with Gasteiger partial charge in [0.05, 0.1) is 0 Å². The Labute approximate surface area is 217 Å². The van der Waals surface area contributed by atoms with E-state index in [1.165, 1.54) is 11.4 Å². The molecular weight excluding hydrogens is 527 g/mol. The number of carbonyl (C=O) groups excluding carboxylic acids is 1. The summed E-state index contributed by atoms with van der Waals surface area (Å²) >= 11 is 0.981. The minimum absolute atomic E-state index is 0.00776. The monoisotopic (exact) mass is 553 g/mol. The third-order valence-corrected chi connectivity index (χ3v) is 8.52. The van der Waals surface area contributed by atoms with Gasteiger partial charge in [-0.25, -0.2) is 8.42 Å². The molecule has 0 unspecified atom stereocenters. The van der Waals surface area contributed by atoms with Crippen molar-refractivity contribution < 1.29 is 31.1 Å². The highest BCUT2D eigenvalue weighted by Crippen LogP contribution is 2.36. The third kappa shape index (κ3) is 6.02. The fourth-order valence-electron chi connectivity index (χ4n) is 4.57. The lowest BCUT2D eigenvalue weighted by atomic mass is 10.0. The second-order valence-electron chi connectivity index (χ2n) is 8.80. The Hall–Kier alpha value is -3.25. The van der Waals surface area contributed by atoms with Crippen LogP contribution in [0.2, 0.25) is 0 Å². The first kappa shape index (κ1) is 26.8. The van der Waals surface area contributed by atoms with Gasteiger partial charge in [-0.3, -0.25) is 9.52 Å². The van der Waals surface area contributed by atoms with Gasteiger partial charge in [0, 0.05) is 30.2 Å². The van der Waals surface area contributed by atoms with Gasteiger partial charge in [0.25, 0.3) is 15.9 Å². The second-order valence-corrected chi connectivity index (χ2v) is 11.4. The predicted molar refractivity (Wildman–Crippen MR) is 138 cm³/mol. The molecule has 0 atom stereocenters. The molecule has 1 aromatic heterocycles. The number of alkyl halides is 3. The van der Waals surface area contributed by atoms with E-state index >= 15 is 0 Å². The number of sulfonamides is 1. The first-order chi connectivity index (χ1) is 17.4. The maximum Gasteiger partial charge on any atom is 0.573 e. The lowest BCUT2D eigenvalue weighted by molar-refractivity contribution is -0.274. The van der Waals surface area contributed by atoms with Gasteiger partial charge >= 0.3 is 6.36 Å². The smallest absolute Gasteiger partial charge is 0.406 e. The van der Waals surface area contributed by atoms with E-state index in [4.69, 9.17) is 0 Å². The molecular formula is C25H26F3N3O4S2. The molecule has 37 heavy (non-hydrogen) atoms. The van der Waals surface area contributed by atoms with Gasteiger partial charge in [0.15, 0.2) is 0 Å². The topological polar surface area (TPSA) is 87.7 Å². The normalized spacial score (nSPS) is 14.1. The Bertz CT molecular complexity index is 1410. The quantitative estimate of drug-likeness (QED) is 0.363. The van der Waals surface area contributed by atoms with Gasteiger partial charge in [0.1, 0.15) is 15.5 Å². The van der Waals surface area contributed by atoms with Gasteiger partial charge in [-0.2, -0.15) is 0 Å². The summed E-state index contributed by atoms with van der Waals surface area (Å²) < 4.78 is 69.3. The van der Waals surface area contributed by atoms with Gasteiger partial charge in [-0.05, 0) is 86.0 Å². The number of amides is 1. The third-order valence-electron chi connectivity index (χ3n) is 6.06. The molecule has 3 aromatic rings. The van der Waals surface area contributed by atoms with E-state index in [0.717, 1.165) is 83.9 Å².